The molecule has 2 aliphatic rings. The van der Waals surface area contributed by atoms with E-state index in [1.54, 1.807) is 7.11 Å². The number of aliphatic hydroxyl groups excluding tert-OH is 1. The first kappa shape index (κ1) is 16.3. The molecule has 1 N–H and O–H groups in total. The van der Waals surface area contributed by atoms with Crippen LogP contribution in [0.1, 0.15) is 66.7 Å². The minimum atomic E-state index is -0.447. The van der Waals surface area contributed by atoms with Crippen molar-refractivity contribution in [3.05, 3.63) is 0 Å². The van der Waals surface area contributed by atoms with Crippen molar-refractivity contribution in [2.24, 2.45) is 11.8 Å². The molecule has 1 saturated heterocycles. The third-order valence-electron chi connectivity index (χ3n) is 5.59. The Labute approximate surface area is 124 Å². The van der Waals surface area contributed by atoms with Gasteiger partial charge in [-0.15, -0.1) is 0 Å². The molecular weight excluding hydrogens is 252 g/mol. The molecule has 3 nitrogen and oxygen atoms in total. The van der Waals surface area contributed by atoms with Crippen LogP contribution in [0.15, 0.2) is 0 Å². The van der Waals surface area contributed by atoms with Gasteiger partial charge >= 0.3 is 0 Å². The molecule has 0 bridgehead atoms. The van der Waals surface area contributed by atoms with Crippen LogP contribution in [-0.4, -0.2) is 35.1 Å². The topological polar surface area (TPSA) is 38.7 Å². The lowest BCUT2D eigenvalue weighted by atomic mass is 9.69. The summed E-state index contributed by atoms with van der Waals surface area (Å²) in [5.41, 5.74) is -0.832. The molecule has 118 valence electrons. The van der Waals surface area contributed by atoms with Crippen molar-refractivity contribution < 1.29 is 14.6 Å². The van der Waals surface area contributed by atoms with E-state index in [2.05, 4.69) is 34.6 Å². The Bertz CT molecular complexity index is 340. The molecule has 20 heavy (non-hydrogen) atoms. The fraction of sp³-hybridized carbons (Fsp3) is 1.00. The second-order valence-corrected chi connectivity index (χ2v) is 8.17. The van der Waals surface area contributed by atoms with Gasteiger partial charge < -0.3 is 14.6 Å². The number of ether oxygens (including phenoxy) is 2. The van der Waals surface area contributed by atoms with Gasteiger partial charge in [0.05, 0.1) is 22.9 Å². The Morgan fingerprint density at radius 3 is 2.10 bits per heavy atom. The standard InChI is InChI=1S/C17H32O3/c1-12-7-9-17(19-6,10-8-12)14(18)13-11-15(2,3)20-16(13,4)5/h12-14,18H,7-11H2,1-6H3. The second kappa shape index (κ2) is 5.26. The van der Waals surface area contributed by atoms with E-state index in [0.717, 1.165) is 38.0 Å². The van der Waals surface area contributed by atoms with E-state index in [1.807, 2.05) is 0 Å². The van der Waals surface area contributed by atoms with Gasteiger partial charge in [-0.1, -0.05) is 6.92 Å². The summed E-state index contributed by atoms with van der Waals surface area (Å²) in [4.78, 5) is 0. The highest BCUT2D eigenvalue weighted by molar-refractivity contribution is 5.04. The van der Waals surface area contributed by atoms with Gasteiger partial charge in [0.2, 0.25) is 0 Å². The van der Waals surface area contributed by atoms with Crippen LogP contribution in [-0.2, 0) is 9.47 Å². The van der Waals surface area contributed by atoms with E-state index in [1.165, 1.54) is 0 Å². The summed E-state index contributed by atoms with van der Waals surface area (Å²) in [5, 5.41) is 11.1. The molecule has 0 radical (unpaired) electrons. The SMILES string of the molecule is COC1(C(O)C2CC(C)(C)OC2(C)C)CCC(C)CC1. The predicted molar refractivity (Wildman–Crippen MR) is 80.7 cm³/mol. The molecule has 0 aromatic rings. The first-order valence-corrected chi connectivity index (χ1v) is 8.05. The molecule has 0 amide bonds. The molecule has 2 fully saturated rings. The Morgan fingerprint density at radius 1 is 1.15 bits per heavy atom. The van der Waals surface area contributed by atoms with Crippen molar-refractivity contribution in [1.82, 2.24) is 0 Å². The summed E-state index contributed by atoms with van der Waals surface area (Å²) in [5.74, 6) is 0.876. The van der Waals surface area contributed by atoms with Crippen LogP contribution < -0.4 is 0 Å². The molecule has 2 unspecified atom stereocenters. The van der Waals surface area contributed by atoms with Crippen molar-refractivity contribution in [2.75, 3.05) is 7.11 Å². The minimum Gasteiger partial charge on any atom is -0.390 e. The van der Waals surface area contributed by atoms with Crippen LogP contribution in [0.3, 0.4) is 0 Å². The van der Waals surface area contributed by atoms with Crippen LogP contribution >= 0.6 is 0 Å². The first-order valence-electron chi connectivity index (χ1n) is 8.05. The maximum absolute atomic E-state index is 11.1. The first-order chi connectivity index (χ1) is 9.12. The monoisotopic (exact) mass is 284 g/mol. The zero-order chi connectivity index (χ0) is 15.2. The predicted octanol–water partition coefficient (Wildman–Crippen LogP) is 3.54. The minimum absolute atomic E-state index is 0.130. The fourth-order valence-electron chi connectivity index (χ4n) is 4.33. The lowest BCUT2D eigenvalue weighted by Crippen LogP contribution is -2.53. The number of hydrogen-bond acceptors (Lipinski definition) is 3. The number of aliphatic hydroxyl groups is 1. The molecule has 2 atom stereocenters. The van der Waals surface area contributed by atoms with Gasteiger partial charge in [-0.3, -0.25) is 0 Å². The molecule has 1 aliphatic heterocycles. The number of rotatable bonds is 3. The van der Waals surface area contributed by atoms with Crippen molar-refractivity contribution in [2.45, 2.75) is 89.6 Å². The summed E-state index contributed by atoms with van der Waals surface area (Å²) in [6.07, 6.45) is 4.64. The van der Waals surface area contributed by atoms with Crippen molar-refractivity contribution in [3.63, 3.8) is 0 Å². The van der Waals surface area contributed by atoms with Crippen LogP contribution in [0.4, 0.5) is 0 Å². The zero-order valence-electron chi connectivity index (χ0n) is 14.0. The highest BCUT2D eigenvalue weighted by Crippen LogP contribution is 2.49. The largest absolute Gasteiger partial charge is 0.390 e. The molecule has 2 rings (SSSR count). The van der Waals surface area contributed by atoms with Gasteiger partial charge in [0.1, 0.15) is 0 Å². The van der Waals surface area contributed by atoms with Crippen molar-refractivity contribution in [3.8, 4) is 0 Å². The molecule has 0 aromatic carbocycles. The lowest BCUT2D eigenvalue weighted by molar-refractivity contribution is -0.167. The average molecular weight is 284 g/mol. The van der Waals surface area contributed by atoms with Gasteiger partial charge in [-0.25, -0.2) is 0 Å². The van der Waals surface area contributed by atoms with Crippen LogP contribution in [0.2, 0.25) is 0 Å². The summed E-state index contributed by atoms with van der Waals surface area (Å²) >= 11 is 0. The van der Waals surface area contributed by atoms with E-state index in [-0.39, 0.29) is 22.7 Å². The Balaban J connectivity index is 2.19. The Hall–Kier alpha value is -0.120. The summed E-state index contributed by atoms with van der Waals surface area (Å²) in [6, 6.07) is 0. The molecule has 1 saturated carbocycles. The zero-order valence-corrected chi connectivity index (χ0v) is 14.0. The van der Waals surface area contributed by atoms with Gasteiger partial charge in [-0.05, 0) is 65.7 Å². The van der Waals surface area contributed by atoms with E-state index in [4.69, 9.17) is 9.47 Å². The van der Waals surface area contributed by atoms with E-state index >= 15 is 0 Å². The quantitative estimate of drug-likeness (QED) is 0.861. The fourth-order valence-corrected chi connectivity index (χ4v) is 4.33. The van der Waals surface area contributed by atoms with Crippen molar-refractivity contribution >= 4 is 0 Å². The summed E-state index contributed by atoms with van der Waals surface area (Å²) in [7, 11) is 1.76. The van der Waals surface area contributed by atoms with Crippen LogP contribution in [0.25, 0.3) is 0 Å². The van der Waals surface area contributed by atoms with Gasteiger partial charge in [0.15, 0.2) is 0 Å². The maximum atomic E-state index is 11.1. The maximum Gasteiger partial charge on any atom is 0.0940 e. The Kier molecular flexibility index (Phi) is 4.27. The van der Waals surface area contributed by atoms with E-state index in [0.29, 0.717) is 0 Å². The van der Waals surface area contributed by atoms with Gasteiger partial charge in [-0.2, -0.15) is 0 Å². The smallest absolute Gasteiger partial charge is 0.0940 e. The van der Waals surface area contributed by atoms with Gasteiger partial charge in [0.25, 0.3) is 0 Å². The lowest BCUT2D eigenvalue weighted by Gasteiger charge is -2.45. The van der Waals surface area contributed by atoms with Crippen molar-refractivity contribution in [1.29, 1.82) is 0 Å². The van der Waals surface area contributed by atoms with Crippen LogP contribution in [0.5, 0.6) is 0 Å². The van der Waals surface area contributed by atoms with Crippen LogP contribution in [0, 0.1) is 11.8 Å². The molecule has 3 heteroatoms. The summed E-state index contributed by atoms with van der Waals surface area (Å²) in [6.45, 7) is 10.7. The normalized spacial score (nSPS) is 41.5. The molecule has 1 heterocycles. The van der Waals surface area contributed by atoms with E-state index < -0.39 is 6.10 Å². The van der Waals surface area contributed by atoms with Gasteiger partial charge in [0, 0.05) is 13.0 Å². The number of methoxy groups -OCH3 is 1. The second-order valence-electron chi connectivity index (χ2n) is 8.17. The molecule has 1 aliphatic carbocycles. The average Bonchev–Trinajstić information content (AvgIpc) is 2.58. The highest BCUT2D eigenvalue weighted by Gasteiger charge is 2.55. The summed E-state index contributed by atoms with van der Waals surface area (Å²) < 4.78 is 12.0. The molecule has 0 aromatic heterocycles. The third kappa shape index (κ3) is 2.90. The highest BCUT2D eigenvalue weighted by atomic mass is 16.5. The molecule has 0 spiro atoms. The Morgan fingerprint density at radius 2 is 1.70 bits per heavy atom. The number of hydrogen-bond donors (Lipinski definition) is 1. The molecular formula is C17H32O3. The van der Waals surface area contributed by atoms with E-state index in [9.17, 15) is 5.11 Å². The third-order valence-corrected chi connectivity index (χ3v) is 5.59.